The van der Waals surface area contributed by atoms with Gasteiger partial charge in [0.25, 0.3) is 0 Å². The van der Waals surface area contributed by atoms with Crippen molar-refractivity contribution in [3.05, 3.63) is 0 Å². The van der Waals surface area contributed by atoms with Crippen molar-refractivity contribution in [2.45, 2.75) is 58.8 Å². The number of carbonyl (C=O) groups excluding carboxylic acids is 1. The van der Waals surface area contributed by atoms with E-state index in [1.807, 2.05) is 27.7 Å². The van der Waals surface area contributed by atoms with Gasteiger partial charge in [-0.25, -0.2) is 9.59 Å². The number of methoxy groups -OCH3 is 1. The molecule has 1 amide bonds. The maximum Gasteiger partial charge on any atom is 0.408 e. The lowest BCUT2D eigenvalue weighted by atomic mass is 9.89. The molecule has 0 bridgehead atoms. The molecule has 1 heterocycles. The summed E-state index contributed by atoms with van der Waals surface area (Å²) in [6.45, 7) is 9.53. The highest BCUT2D eigenvalue weighted by molar-refractivity contribution is 5.86. The van der Waals surface area contributed by atoms with Gasteiger partial charge in [-0.05, 0) is 25.7 Å². The normalized spacial score (nSPS) is 28.3. The molecule has 1 aliphatic rings. The molecule has 1 N–H and O–H groups in total. The van der Waals surface area contributed by atoms with Gasteiger partial charge in [0.1, 0.15) is 6.10 Å². The third-order valence-electron chi connectivity index (χ3n) is 4.23. The second-order valence-electron chi connectivity index (χ2n) is 6.51. The van der Waals surface area contributed by atoms with E-state index in [2.05, 4.69) is 0 Å². The summed E-state index contributed by atoms with van der Waals surface area (Å²) in [5, 5.41) is 9.27. The van der Waals surface area contributed by atoms with Gasteiger partial charge in [-0.2, -0.15) is 0 Å². The summed E-state index contributed by atoms with van der Waals surface area (Å²) in [6.07, 6.45) is -1.45. The van der Waals surface area contributed by atoms with Crippen LogP contribution in [0.5, 0.6) is 0 Å². The van der Waals surface area contributed by atoms with E-state index in [0.29, 0.717) is 6.42 Å². The Balaban J connectivity index is 2.98. The second kappa shape index (κ2) is 5.60. The number of ether oxygens (including phenoxy) is 2. The topological polar surface area (TPSA) is 76.1 Å². The van der Waals surface area contributed by atoms with Gasteiger partial charge in [0, 0.05) is 13.7 Å². The molecule has 20 heavy (non-hydrogen) atoms. The van der Waals surface area contributed by atoms with E-state index in [4.69, 9.17) is 9.47 Å². The smallest absolute Gasteiger partial charge is 0.408 e. The standard InChI is InChI=1S/C14H25NO5/c1-9(13(2,3)4)20-11(16)14(5)10(19-6)7-8-15(14)12(17)18/h9-10H,7-8H2,1-6H3,(H,17,18). The quantitative estimate of drug-likeness (QED) is 0.805. The van der Waals surface area contributed by atoms with Crippen LogP contribution in [0, 0.1) is 5.41 Å². The lowest BCUT2D eigenvalue weighted by Crippen LogP contribution is -2.58. The molecular formula is C14H25NO5. The molecule has 3 unspecified atom stereocenters. The van der Waals surface area contributed by atoms with Crippen LogP contribution in [0.2, 0.25) is 0 Å². The van der Waals surface area contributed by atoms with Gasteiger partial charge in [0.2, 0.25) is 0 Å². The minimum Gasteiger partial charge on any atom is -0.465 e. The predicted octanol–water partition coefficient (Wildman–Crippen LogP) is 2.12. The molecule has 0 aliphatic carbocycles. The molecular weight excluding hydrogens is 262 g/mol. The fourth-order valence-corrected chi connectivity index (χ4v) is 2.27. The molecule has 0 spiro atoms. The molecule has 1 rings (SSSR count). The largest absolute Gasteiger partial charge is 0.465 e. The number of esters is 1. The Bertz CT molecular complexity index is 390. The summed E-state index contributed by atoms with van der Waals surface area (Å²) in [5.41, 5.74) is -1.50. The molecule has 0 saturated carbocycles. The number of amides is 1. The minimum atomic E-state index is -1.29. The van der Waals surface area contributed by atoms with Gasteiger partial charge in [0.05, 0.1) is 6.10 Å². The summed E-state index contributed by atoms with van der Waals surface area (Å²) in [6, 6.07) is 0. The van der Waals surface area contributed by atoms with Crippen molar-refractivity contribution in [3.8, 4) is 0 Å². The molecule has 0 aromatic rings. The van der Waals surface area contributed by atoms with Gasteiger partial charge in [0.15, 0.2) is 5.54 Å². The molecule has 0 aromatic carbocycles. The monoisotopic (exact) mass is 287 g/mol. The summed E-state index contributed by atoms with van der Waals surface area (Å²) in [7, 11) is 1.48. The van der Waals surface area contributed by atoms with E-state index in [9.17, 15) is 14.7 Å². The molecule has 1 fully saturated rings. The van der Waals surface area contributed by atoms with Crippen LogP contribution >= 0.6 is 0 Å². The third kappa shape index (κ3) is 2.90. The second-order valence-corrected chi connectivity index (χ2v) is 6.51. The Morgan fingerprint density at radius 2 is 1.95 bits per heavy atom. The number of hydrogen-bond donors (Lipinski definition) is 1. The predicted molar refractivity (Wildman–Crippen MR) is 73.6 cm³/mol. The Morgan fingerprint density at radius 3 is 2.35 bits per heavy atom. The lowest BCUT2D eigenvalue weighted by molar-refractivity contribution is -0.170. The van der Waals surface area contributed by atoms with E-state index in [1.165, 1.54) is 7.11 Å². The van der Waals surface area contributed by atoms with E-state index in [-0.39, 0.29) is 18.1 Å². The van der Waals surface area contributed by atoms with Crippen molar-refractivity contribution in [3.63, 3.8) is 0 Å². The van der Waals surface area contributed by atoms with Crippen LogP contribution in [-0.2, 0) is 14.3 Å². The average Bonchev–Trinajstić information content (AvgIpc) is 2.66. The van der Waals surface area contributed by atoms with Gasteiger partial charge in [-0.3, -0.25) is 4.90 Å². The Morgan fingerprint density at radius 1 is 1.40 bits per heavy atom. The van der Waals surface area contributed by atoms with Crippen molar-refractivity contribution in [1.82, 2.24) is 4.90 Å². The van der Waals surface area contributed by atoms with Crippen LogP contribution in [0.3, 0.4) is 0 Å². The number of likely N-dealkylation sites (tertiary alicyclic amines) is 1. The number of carbonyl (C=O) groups is 2. The third-order valence-corrected chi connectivity index (χ3v) is 4.23. The first-order valence-electron chi connectivity index (χ1n) is 6.79. The zero-order valence-electron chi connectivity index (χ0n) is 13.1. The van der Waals surface area contributed by atoms with Gasteiger partial charge in [-0.1, -0.05) is 20.8 Å². The van der Waals surface area contributed by atoms with Crippen LogP contribution in [-0.4, -0.2) is 53.5 Å². The van der Waals surface area contributed by atoms with Gasteiger partial charge in [-0.15, -0.1) is 0 Å². The minimum absolute atomic E-state index is 0.207. The molecule has 0 radical (unpaired) electrons. The zero-order valence-corrected chi connectivity index (χ0v) is 13.1. The van der Waals surface area contributed by atoms with E-state index in [1.54, 1.807) is 6.92 Å². The molecule has 6 nitrogen and oxygen atoms in total. The van der Waals surface area contributed by atoms with Crippen LogP contribution in [0.1, 0.15) is 41.0 Å². The van der Waals surface area contributed by atoms with Crippen LogP contribution in [0.15, 0.2) is 0 Å². The molecule has 116 valence electrons. The Kier molecular flexibility index (Phi) is 4.69. The SMILES string of the molecule is COC1CCN(C(=O)O)C1(C)C(=O)OC(C)C(C)(C)C. The van der Waals surface area contributed by atoms with E-state index < -0.39 is 23.7 Å². The van der Waals surface area contributed by atoms with Gasteiger partial charge < -0.3 is 14.6 Å². The van der Waals surface area contributed by atoms with Crippen molar-refractivity contribution < 1.29 is 24.2 Å². The maximum atomic E-state index is 12.5. The fraction of sp³-hybridized carbons (Fsp3) is 0.857. The van der Waals surface area contributed by atoms with Crippen LogP contribution < -0.4 is 0 Å². The molecule has 1 aliphatic heterocycles. The summed E-state index contributed by atoms with van der Waals surface area (Å²) < 4.78 is 10.8. The number of carboxylic acid groups (broad SMARTS) is 1. The fourth-order valence-electron chi connectivity index (χ4n) is 2.27. The Hall–Kier alpha value is -1.30. The number of hydrogen-bond acceptors (Lipinski definition) is 4. The first-order chi connectivity index (χ1) is 9.05. The summed E-state index contributed by atoms with van der Waals surface area (Å²) >= 11 is 0. The van der Waals surface area contributed by atoms with Crippen molar-refractivity contribution in [2.75, 3.05) is 13.7 Å². The van der Waals surface area contributed by atoms with E-state index in [0.717, 1.165) is 4.90 Å². The number of nitrogens with zero attached hydrogens (tertiary/aromatic N) is 1. The van der Waals surface area contributed by atoms with Crippen molar-refractivity contribution >= 4 is 12.1 Å². The van der Waals surface area contributed by atoms with Crippen LogP contribution in [0.25, 0.3) is 0 Å². The summed E-state index contributed by atoms with van der Waals surface area (Å²) in [4.78, 5) is 24.9. The zero-order chi connectivity index (χ0) is 15.7. The van der Waals surface area contributed by atoms with Crippen LogP contribution in [0.4, 0.5) is 4.79 Å². The van der Waals surface area contributed by atoms with E-state index >= 15 is 0 Å². The molecule has 6 heteroatoms. The Labute approximate surface area is 120 Å². The van der Waals surface area contributed by atoms with Gasteiger partial charge >= 0.3 is 12.1 Å². The molecule has 0 aromatic heterocycles. The molecule has 1 saturated heterocycles. The number of rotatable bonds is 3. The lowest BCUT2D eigenvalue weighted by Gasteiger charge is -2.37. The first kappa shape index (κ1) is 16.8. The highest BCUT2D eigenvalue weighted by Crippen LogP contribution is 2.34. The average molecular weight is 287 g/mol. The van der Waals surface area contributed by atoms with Crippen molar-refractivity contribution in [2.24, 2.45) is 5.41 Å². The summed E-state index contributed by atoms with van der Waals surface area (Å²) in [5.74, 6) is -0.549. The highest BCUT2D eigenvalue weighted by atomic mass is 16.6. The molecule has 3 atom stereocenters. The highest BCUT2D eigenvalue weighted by Gasteiger charge is 2.55. The maximum absolute atomic E-state index is 12.5. The first-order valence-corrected chi connectivity index (χ1v) is 6.79. The van der Waals surface area contributed by atoms with Crippen molar-refractivity contribution in [1.29, 1.82) is 0 Å².